The number of aryl methyl sites for hydroxylation is 1. The van der Waals surface area contributed by atoms with Gasteiger partial charge in [0.05, 0.1) is 5.69 Å². The van der Waals surface area contributed by atoms with Gasteiger partial charge in [0.15, 0.2) is 0 Å². The summed E-state index contributed by atoms with van der Waals surface area (Å²) in [6, 6.07) is 16.4. The van der Waals surface area contributed by atoms with Crippen molar-refractivity contribution in [2.75, 3.05) is 30.8 Å². The summed E-state index contributed by atoms with van der Waals surface area (Å²) < 4.78 is 6.05. The predicted molar refractivity (Wildman–Crippen MR) is 123 cm³/mol. The number of anilines is 2. The summed E-state index contributed by atoms with van der Waals surface area (Å²) in [6.07, 6.45) is 4.32. The van der Waals surface area contributed by atoms with E-state index in [1.807, 2.05) is 37.4 Å². The summed E-state index contributed by atoms with van der Waals surface area (Å²) in [5.74, 6) is 1.43. The summed E-state index contributed by atoms with van der Waals surface area (Å²) in [5.41, 5.74) is 5.95. The van der Waals surface area contributed by atoms with Crippen LogP contribution >= 0.6 is 0 Å². The molecule has 0 spiro atoms. The van der Waals surface area contributed by atoms with Gasteiger partial charge >= 0.3 is 0 Å². The molecule has 2 heterocycles. The second-order valence-corrected chi connectivity index (χ2v) is 7.47. The van der Waals surface area contributed by atoms with Crippen molar-refractivity contribution in [2.45, 2.75) is 19.4 Å². The smallest absolute Gasteiger partial charge is 0.131 e. The van der Waals surface area contributed by atoms with Crippen LogP contribution in [0.15, 0.2) is 54.7 Å². The van der Waals surface area contributed by atoms with Crippen molar-refractivity contribution in [3.63, 3.8) is 0 Å². The standard InChI is InChI=1S/C24H27N5O/c1-16-11-17(4-6-22(16)29-15-19-7-9-27-19)24-13-21(8-10-28-24)30-20-5-3-18(14-25)23(12-20)26-2/h3-6,8,10-14,19,25-27,29H,7,9,15H2,1-2H3/t19-/m1/s1. The van der Waals surface area contributed by atoms with E-state index in [9.17, 15) is 0 Å². The van der Waals surface area contributed by atoms with Crippen LogP contribution in [-0.4, -0.2) is 37.4 Å². The molecule has 0 saturated carbocycles. The van der Waals surface area contributed by atoms with Crippen molar-refractivity contribution in [3.8, 4) is 22.8 Å². The summed E-state index contributed by atoms with van der Waals surface area (Å²) in [4.78, 5) is 4.53. The molecule has 1 fully saturated rings. The van der Waals surface area contributed by atoms with Crippen LogP contribution in [0.3, 0.4) is 0 Å². The van der Waals surface area contributed by atoms with E-state index in [1.165, 1.54) is 18.2 Å². The van der Waals surface area contributed by atoms with Gasteiger partial charge in [-0.25, -0.2) is 0 Å². The zero-order chi connectivity index (χ0) is 20.9. The second-order valence-electron chi connectivity index (χ2n) is 7.47. The molecule has 0 amide bonds. The highest BCUT2D eigenvalue weighted by Crippen LogP contribution is 2.30. The molecule has 4 rings (SSSR count). The van der Waals surface area contributed by atoms with E-state index in [-0.39, 0.29) is 0 Å². The van der Waals surface area contributed by atoms with E-state index in [2.05, 4.69) is 46.1 Å². The van der Waals surface area contributed by atoms with Crippen LogP contribution in [0.2, 0.25) is 0 Å². The van der Waals surface area contributed by atoms with Gasteiger partial charge in [-0.1, -0.05) is 6.07 Å². The fourth-order valence-electron chi connectivity index (χ4n) is 3.49. The van der Waals surface area contributed by atoms with E-state index in [0.29, 0.717) is 11.8 Å². The Morgan fingerprint density at radius 1 is 1.13 bits per heavy atom. The van der Waals surface area contributed by atoms with Gasteiger partial charge < -0.3 is 26.1 Å². The molecule has 1 saturated heterocycles. The third kappa shape index (κ3) is 4.44. The van der Waals surface area contributed by atoms with Gasteiger partial charge in [0.2, 0.25) is 0 Å². The maximum atomic E-state index is 7.47. The lowest BCUT2D eigenvalue weighted by Gasteiger charge is -2.28. The lowest BCUT2D eigenvalue weighted by molar-refractivity contribution is 0.387. The molecular weight excluding hydrogens is 374 g/mol. The van der Waals surface area contributed by atoms with Crippen molar-refractivity contribution in [2.24, 2.45) is 0 Å². The zero-order valence-electron chi connectivity index (χ0n) is 17.3. The maximum absolute atomic E-state index is 7.47. The molecule has 1 aliphatic rings. The largest absolute Gasteiger partial charge is 0.457 e. The zero-order valence-corrected chi connectivity index (χ0v) is 17.3. The number of hydrogen-bond donors (Lipinski definition) is 4. The van der Waals surface area contributed by atoms with Crippen molar-refractivity contribution < 1.29 is 4.74 Å². The van der Waals surface area contributed by atoms with E-state index >= 15 is 0 Å². The van der Waals surface area contributed by atoms with Crippen LogP contribution < -0.4 is 20.7 Å². The molecule has 1 aromatic heterocycles. The summed E-state index contributed by atoms with van der Waals surface area (Å²) in [6.45, 7) is 4.19. The summed E-state index contributed by atoms with van der Waals surface area (Å²) in [7, 11) is 1.83. The number of benzene rings is 2. The average Bonchev–Trinajstić information content (AvgIpc) is 2.73. The van der Waals surface area contributed by atoms with Crippen molar-refractivity contribution >= 4 is 17.6 Å². The highest BCUT2D eigenvalue weighted by Gasteiger charge is 2.15. The Bertz CT molecular complexity index is 1050. The first-order valence-corrected chi connectivity index (χ1v) is 10.2. The third-order valence-corrected chi connectivity index (χ3v) is 5.40. The topological polar surface area (TPSA) is 82.1 Å². The summed E-state index contributed by atoms with van der Waals surface area (Å²) >= 11 is 0. The monoisotopic (exact) mass is 401 g/mol. The molecule has 4 N–H and O–H groups in total. The molecule has 154 valence electrons. The first-order chi connectivity index (χ1) is 14.7. The number of rotatable bonds is 8. The van der Waals surface area contributed by atoms with Gasteiger partial charge in [0.1, 0.15) is 11.5 Å². The quantitative estimate of drug-likeness (QED) is 0.413. The van der Waals surface area contributed by atoms with Gasteiger partial charge in [-0.2, -0.15) is 0 Å². The van der Waals surface area contributed by atoms with Crippen LogP contribution in [0.5, 0.6) is 11.5 Å². The fourth-order valence-corrected chi connectivity index (χ4v) is 3.49. The number of pyridine rings is 1. The molecule has 0 unspecified atom stereocenters. The number of nitrogens with one attached hydrogen (secondary N) is 4. The first-order valence-electron chi connectivity index (χ1n) is 10.2. The van der Waals surface area contributed by atoms with Gasteiger partial charge in [0.25, 0.3) is 0 Å². The maximum Gasteiger partial charge on any atom is 0.131 e. The number of hydrogen-bond acceptors (Lipinski definition) is 6. The second kappa shape index (κ2) is 8.97. The molecule has 0 bridgehead atoms. The first kappa shape index (κ1) is 19.9. The SMILES string of the molecule is CNc1cc(Oc2ccnc(-c3ccc(NC[C@H]4CCN4)c(C)c3)c2)ccc1C=N. The van der Waals surface area contributed by atoms with E-state index in [0.717, 1.165) is 47.0 Å². The molecule has 3 aromatic rings. The Kier molecular flexibility index (Phi) is 5.95. The molecule has 6 heteroatoms. The average molecular weight is 402 g/mol. The van der Waals surface area contributed by atoms with Gasteiger partial charge in [0, 0.05) is 66.7 Å². The molecule has 1 aliphatic heterocycles. The molecular formula is C24H27N5O. The van der Waals surface area contributed by atoms with Crippen molar-refractivity contribution in [1.82, 2.24) is 10.3 Å². The minimum Gasteiger partial charge on any atom is -0.457 e. The minimum absolute atomic E-state index is 0.580. The van der Waals surface area contributed by atoms with E-state index in [4.69, 9.17) is 10.1 Å². The molecule has 6 nitrogen and oxygen atoms in total. The normalized spacial score (nSPS) is 15.2. The van der Waals surface area contributed by atoms with Gasteiger partial charge in [-0.05, 0) is 55.8 Å². The number of nitrogens with zero attached hydrogens (tertiary/aromatic N) is 1. The Morgan fingerprint density at radius 3 is 2.67 bits per heavy atom. The van der Waals surface area contributed by atoms with Crippen molar-refractivity contribution in [1.29, 1.82) is 5.41 Å². The van der Waals surface area contributed by atoms with Crippen LogP contribution in [0.4, 0.5) is 11.4 Å². The molecule has 2 aromatic carbocycles. The lowest BCUT2D eigenvalue weighted by Crippen LogP contribution is -2.47. The van der Waals surface area contributed by atoms with Crippen LogP contribution in [0.25, 0.3) is 11.3 Å². The molecule has 0 aliphatic carbocycles. The van der Waals surface area contributed by atoms with Crippen LogP contribution in [-0.2, 0) is 0 Å². The van der Waals surface area contributed by atoms with Crippen LogP contribution in [0.1, 0.15) is 17.5 Å². The minimum atomic E-state index is 0.580. The third-order valence-electron chi connectivity index (χ3n) is 5.40. The van der Waals surface area contributed by atoms with E-state index < -0.39 is 0 Å². The Labute approximate surface area is 177 Å². The molecule has 30 heavy (non-hydrogen) atoms. The highest BCUT2D eigenvalue weighted by molar-refractivity contribution is 5.86. The lowest BCUT2D eigenvalue weighted by atomic mass is 10.0. The number of aromatic nitrogens is 1. The fraction of sp³-hybridized carbons (Fsp3) is 0.250. The molecule has 0 radical (unpaired) electrons. The summed E-state index contributed by atoms with van der Waals surface area (Å²) in [5, 5.41) is 17.5. The van der Waals surface area contributed by atoms with Crippen LogP contribution in [0, 0.1) is 12.3 Å². The van der Waals surface area contributed by atoms with Gasteiger partial charge in [-0.3, -0.25) is 4.98 Å². The van der Waals surface area contributed by atoms with Crippen molar-refractivity contribution in [3.05, 3.63) is 65.9 Å². The predicted octanol–water partition coefficient (Wildman–Crippen LogP) is 4.66. The van der Waals surface area contributed by atoms with Gasteiger partial charge in [-0.15, -0.1) is 0 Å². The van der Waals surface area contributed by atoms with E-state index in [1.54, 1.807) is 6.20 Å². The Morgan fingerprint density at radius 2 is 1.97 bits per heavy atom. The Balaban J connectivity index is 1.50. The number of ether oxygens (including phenoxy) is 1. The highest BCUT2D eigenvalue weighted by atomic mass is 16.5. The Hall–Kier alpha value is -3.38. The molecule has 1 atom stereocenters.